The van der Waals surface area contributed by atoms with Crippen LogP contribution in [0.25, 0.3) is 0 Å². The maximum absolute atomic E-state index is 5.34. The Morgan fingerprint density at radius 3 is 2.71 bits per heavy atom. The summed E-state index contributed by atoms with van der Waals surface area (Å²) >= 11 is 0. The molecule has 1 aromatic carbocycles. The van der Waals surface area contributed by atoms with Gasteiger partial charge in [0.2, 0.25) is 0 Å². The minimum Gasteiger partial charge on any atom is -0.496 e. The highest BCUT2D eigenvalue weighted by atomic mass is 16.5. The van der Waals surface area contributed by atoms with Gasteiger partial charge in [-0.15, -0.1) is 0 Å². The first kappa shape index (κ1) is 12.4. The fourth-order valence-corrected chi connectivity index (χ4v) is 2.13. The van der Waals surface area contributed by atoms with E-state index in [0.29, 0.717) is 6.04 Å². The molecule has 3 heteroatoms. The molecule has 1 N–H and O–H groups in total. The van der Waals surface area contributed by atoms with Gasteiger partial charge in [-0.05, 0) is 24.8 Å². The third-order valence-corrected chi connectivity index (χ3v) is 3.28. The predicted octanol–water partition coefficient (Wildman–Crippen LogP) is 2.21. The van der Waals surface area contributed by atoms with Gasteiger partial charge in [0, 0.05) is 25.3 Å². The van der Waals surface area contributed by atoms with Crippen molar-refractivity contribution >= 4 is 0 Å². The molecule has 1 unspecified atom stereocenters. The van der Waals surface area contributed by atoms with Crippen LogP contribution in [0, 0.1) is 5.92 Å². The van der Waals surface area contributed by atoms with Gasteiger partial charge in [-0.2, -0.15) is 0 Å². The Bertz CT molecular complexity index is 350. The summed E-state index contributed by atoms with van der Waals surface area (Å²) in [6, 6.07) is 8.62. The van der Waals surface area contributed by atoms with Crippen molar-refractivity contribution in [1.82, 2.24) is 5.32 Å². The molecule has 94 valence electrons. The zero-order valence-corrected chi connectivity index (χ0v) is 10.6. The van der Waals surface area contributed by atoms with Crippen LogP contribution in [0.1, 0.15) is 18.4 Å². The van der Waals surface area contributed by atoms with E-state index in [1.54, 1.807) is 14.2 Å². The predicted molar refractivity (Wildman–Crippen MR) is 68.2 cm³/mol. The molecule has 1 aliphatic carbocycles. The van der Waals surface area contributed by atoms with Crippen molar-refractivity contribution in [2.24, 2.45) is 5.92 Å². The van der Waals surface area contributed by atoms with Gasteiger partial charge in [0.15, 0.2) is 0 Å². The van der Waals surface area contributed by atoms with E-state index in [2.05, 4.69) is 11.4 Å². The van der Waals surface area contributed by atoms with Gasteiger partial charge in [-0.3, -0.25) is 0 Å². The molecule has 0 heterocycles. The lowest BCUT2D eigenvalue weighted by Gasteiger charge is -2.18. The van der Waals surface area contributed by atoms with Crippen molar-refractivity contribution in [3.05, 3.63) is 29.8 Å². The van der Waals surface area contributed by atoms with E-state index in [9.17, 15) is 0 Å². The van der Waals surface area contributed by atoms with Gasteiger partial charge in [-0.1, -0.05) is 18.2 Å². The minimum atomic E-state index is 0.477. The molecule has 1 aliphatic rings. The van der Waals surface area contributed by atoms with Crippen molar-refractivity contribution in [3.8, 4) is 5.75 Å². The lowest BCUT2D eigenvalue weighted by Crippen LogP contribution is -2.34. The van der Waals surface area contributed by atoms with Gasteiger partial charge in [0.05, 0.1) is 13.7 Å². The Kier molecular flexibility index (Phi) is 4.40. The van der Waals surface area contributed by atoms with Crippen LogP contribution < -0.4 is 10.1 Å². The van der Waals surface area contributed by atoms with Gasteiger partial charge in [0.25, 0.3) is 0 Å². The Labute approximate surface area is 103 Å². The monoisotopic (exact) mass is 235 g/mol. The SMILES string of the molecule is COCC(NCc1ccccc1OC)C1CC1. The standard InChI is InChI=1S/C14H21NO2/c1-16-10-13(11-7-8-11)15-9-12-5-3-4-6-14(12)17-2/h3-6,11,13,15H,7-10H2,1-2H3. The molecule has 2 rings (SSSR count). The zero-order chi connectivity index (χ0) is 12.1. The highest BCUT2D eigenvalue weighted by molar-refractivity contribution is 5.33. The van der Waals surface area contributed by atoms with Crippen LogP contribution in [-0.2, 0) is 11.3 Å². The van der Waals surface area contributed by atoms with Gasteiger partial charge < -0.3 is 14.8 Å². The van der Waals surface area contributed by atoms with Crippen LogP contribution in [-0.4, -0.2) is 26.9 Å². The molecule has 0 aliphatic heterocycles. The van der Waals surface area contributed by atoms with E-state index in [4.69, 9.17) is 9.47 Å². The summed E-state index contributed by atoms with van der Waals surface area (Å²) in [5.74, 6) is 1.75. The number of ether oxygens (including phenoxy) is 2. The van der Waals surface area contributed by atoms with Crippen LogP contribution in [0.15, 0.2) is 24.3 Å². The molecule has 1 fully saturated rings. The summed E-state index contributed by atoms with van der Waals surface area (Å²) in [4.78, 5) is 0. The Balaban J connectivity index is 1.91. The lowest BCUT2D eigenvalue weighted by molar-refractivity contribution is 0.157. The molecule has 1 saturated carbocycles. The molecule has 0 aromatic heterocycles. The molecule has 1 aromatic rings. The second-order valence-corrected chi connectivity index (χ2v) is 4.59. The van der Waals surface area contributed by atoms with E-state index < -0.39 is 0 Å². The van der Waals surface area contributed by atoms with Crippen molar-refractivity contribution in [1.29, 1.82) is 0 Å². The number of rotatable bonds is 7. The largest absolute Gasteiger partial charge is 0.496 e. The molecule has 3 nitrogen and oxygen atoms in total. The maximum atomic E-state index is 5.34. The van der Waals surface area contributed by atoms with Crippen LogP contribution in [0.4, 0.5) is 0 Å². The van der Waals surface area contributed by atoms with Crippen molar-refractivity contribution in [2.75, 3.05) is 20.8 Å². The number of methoxy groups -OCH3 is 2. The van der Waals surface area contributed by atoms with Crippen molar-refractivity contribution in [2.45, 2.75) is 25.4 Å². The molecular weight excluding hydrogens is 214 g/mol. The first-order chi connectivity index (χ1) is 8.35. The zero-order valence-electron chi connectivity index (χ0n) is 10.6. The summed E-state index contributed by atoms with van der Waals surface area (Å²) in [6.45, 7) is 1.63. The first-order valence-corrected chi connectivity index (χ1v) is 6.19. The van der Waals surface area contributed by atoms with Gasteiger partial charge in [0.1, 0.15) is 5.75 Å². The minimum absolute atomic E-state index is 0.477. The normalized spacial score (nSPS) is 16.8. The van der Waals surface area contributed by atoms with Gasteiger partial charge in [-0.25, -0.2) is 0 Å². The van der Waals surface area contributed by atoms with Crippen molar-refractivity contribution in [3.63, 3.8) is 0 Å². The summed E-state index contributed by atoms with van der Waals surface area (Å²) in [5.41, 5.74) is 1.21. The average molecular weight is 235 g/mol. The Morgan fingerprint density at radius 2 is 2.06 bits per heavy atom. The molecule has 0 saturated heterocycles. The summed E-state index contributed by atoms with van der Waals surface area (Å²) < 4.78 is 10.6. The van der Waals surface area contributed by atoms with Crippen LogP contribution in [0.3, 0.4) is 0 Å². The molecule has 17 heavy (non-hydrogen) atoms. The van der Waals surface area contributed by atoms with Gasteiger partial charge >= 0.3 is 0 Å². The van der Waals surface area contributed by atoms with Crippen LogP contribution in [0.2, 0.25) is 0 Å². The van der Waals surface area contributed by atoms with Crippen LogP contribution in [0.5, 0.6) is 5.75 Å². The van der Waals surface area contributed by atoms with E-state index in [1.165, 1.54) is 18.4 Å². The van der Waals surface area contributed by atoms with E-state index >= 15 is 0 Å². The van der Waals surface area contributed by atoms with Crippen molar-refractivity contribution < 1.29 is 9.47 Å². The summed E-state index contributed by atoms with van der Waals surface area (Å²) in [7, 11) is 3.48. The Morgan fingerprint density at radius 1 is 1.29 bits per heavy atom. The second-order valence-electron chi connectivity index (χ2n) is 4.59. The summed E-state index contributed by atoms with van der Waals surface area (Å²) in [5, 5.41) is 3.57. The highest BCUT2D eigenvalue weighted by Crippen LogP contribution is 2.33. The summed E-state index contributed by atoms with van der Waals surface area (Å²) in [6.07, 6.45) is 2.65. The van der Waals surface area contributed by atoms with E-state index in [0.717, 1.165) is 24.8 Å². The second kappa shape index (κ2) is 6.03. The molecule has 0 bridgehead atoms. The fourth-order valence-electron chi connectivity index (χ4n) is 2.13. The fraction of sp³-hybridized carbons (Fsp3) is 0.571. The number of hydrogen-bond acceptors (Lipinski definition) is 3. The van der Waals surface area contributed by atoms with E-state index in [-0.39, 0.29) is 0 Å². The lowest BCUT2D eigenvalue weighted by atomic mass is 10.1. The molecule has 1 atom stereocenters. The van der Waals surface area contributed by atoms with E-state index in [1.807, 2.05) is 18.2 Å². The first-order valence-electron chi connectivity index (χ1n) is 6.19. The number of hydrogen-bond donors (Lipinski definition) is 1. The topological polar surface area (TPSA) is 30.5 Å². The quantitative estimate of drug-likeness (QED) is 0.786. The molecule has 0 radical (unpaired) electrons. The van der Waals surface area contributed by atoms with Crippen LogP contribution >= 0.6 is 0 Å². The highest BCUT2D eigenvalue weighted by Gasteiger charge is 2.30. The Hall–Kier alpha value is -1.06. The molecule has 0 spiro atoms. The molecule has 0 amide bonds. The smallest absolute Gasteiger partial charge is 0.123 e. The third kappa shape index (κ3) is 3.45. The maximum Gasteiger partial charge on any atom is 0.123 e. The third-order valence-electron chi connectivity index (χ3n) is 3.28. The number of para-hydroxylation sites is 1. The molecular formula is C14H21NO2. The number of benzene rings is 1. The number of nitrogens with one attached hydrogen (secondary N) is 1. The average Bonchev–Trinajstić information content (AvgIpc) is 3.19.